The summed E-state index contributed by atoms with van der Waals surface area (Å²) in [4.78, 5) is 22.5. The van der Waals surface area contributed by atoms with Crippen molar-refractivity contribution in [2.24, 2.45) is 11.8 Å². The van der Waals surface area contributed by atoms with Crippen LogP contribution in [0, 0.1) is 11.8 Å². The van der Waals surface area contributed by atoms with Gasteiger partial charge in [0.05, 0.1) is 12.2 Å². The van der Waals surface area contributed by atoms with Crippen LogP contribution in [0.4, 0.5) is 0 Å². The number of unbranched alkanes of at least 4 members (excludes halogenated alkanes) is 3. The highest BCUT2D eigenvalue weighted by molar-refractivity contribution is 5.86. The molecule has 0 spiro atoms. The zero-order chi connectivity index (χ0) is 18.7. The average Bonchev–Trinajstić information content (AvgIpc) is 2.82. The van der Waals surface area contributed by atoms with Gasteiger partial charge in [0.1, 0.15) is 5.78 Å². The number of hydrogen-bond acceptors (Lipinski definition) is 4. The largest absolute Gasteiger partial charge is 0.481 e. The van der Waals surface area contributed by atoms with Crippen LogP contribution in [0.15, 0.2) is 24.3 Å². The van der Waals surface area contributed by atoms with Crippen LogP contribution in [-0.2, 0) is 9.59 Å². The van der Waals surface area contributed by atoms with Gasteiger partial charge < -0.3 is 15.3 Å². The Morgan fingerprint density at radius 3 is 2.72 bits per heavy atom. The second-order valence-corrected chi connectivity index (χ2v) is 6.87. The number of carbonyl (C=O) groups is 2. The number of rotatable bonds is 12. The molecule has 1 rings (SSSR count). The van der Waals surface area contributed by atoms with Crippen LogP contribution in [0.1, 0.15) is 64.7 Å². The van der Waals surface area contributed by atoms with Gasteiger partial charge in [-0.25, -0.2) is 0 Å². The molecule has 5 heteroatoms. The summed E-state index contributed by atoms with van der Waals surface area (Å²) in [7, 11) is 0. The second kappa shape index (κ2) is 12.0. The van der Waals surface area contributed by atoms with Crippen LogP contribution in [0.25, 0.3) is 0 Å². The molecule has 1 saturated carbocycles. The molecule has 25 heavy (non-hydrogen) atoms. The molecule has 0 aromatic heterocycles. The summed E-state index contributed by atoms with van der Waals surface area (Å²) >= 11 is 0. The van der Waals surface area contributed by atoms with Crippen molar-refractivity contribution in [3.63, 3.8) is 0 Å². The summed E-state index contributed by atoms with van der Waals surface area (Å²) in [6.07, 6.45) is 12.1. The highest BCUT2D eigenvalue weighted by Gasteiger charge is 2.39. The fourth-order valence-electron chi connectivity index (χ4n) is 3.22. The zero-order valence-corrected chi connectivity index (χ0v) is 15.1. The molecule has 0 aliphatic heterocycles. The fourth-order valence-corrected chi connectivity index (χ4v) is 3.22. The lowest BCUT2D eigenvalue weighted by Gasteiger charge is -2.17. The van der Waals surface area contributed by atoms with Crippen LogP contribution in [0.3, 0.4) is 0 Å². The number of ketones is 1. The van der Waals surface area contributed by atoms with Crippen molar-refractivity contribution in [3.05, 3.63) is 24.3 Å². The summed E-state index contributed by atoms with van der Waals surface area (Å²) < 4.78 is 0. The van der Waals surface area contributed by atoms with E-state index in [-0.39, 0.29) is 30.5 Å². The molecule has 3 N–H and O–H groups in total. The summed E-state index contributed by atoms with van der Waals surface area (Å²) in [6.45, 7) is 2.11. The highest BCUT2D eigenvalue weighted by Crippen LogP contribution is 2.33. The molecule has 0 saturated heterocycles. The van der Waals surface area contributed by atoms with E-state index in [0.717, 1.165) is 19.3 Å². The molecule has 1 fully saturated rings. The molecule has 1 aliphatic carbocycles. The van der Waals surface area contributed by atoms with Gasteiger partial charge in [-0.2, -0.15) is 0 Å². The van der Waals surface area contributed by atoms with Crippen LogP contribution >= 0.6 is 0 Å². The Labute approximate surface area is 150 Å². The Hall–Kier alpha value is -1.46. The molecule has 3 unspecified atom stereocenters. The molecule has 0 radical (unpaired) electrons. The van der Waals surface area contributed by atoms with Gasteiger partial charge >= 0.3 is 5.97 Å². The number of allylic oxidation sites excluding steroid dienone is 3. The third-order valence-electron chi connectivity index (χ3n) is 4.72. The van der Waals surface area contributed by atoms with Crippen LogP contribution < -0.4 is 0 Å². The van der Waals surface area contributed by atoms with E-state index in [2.05, 4.69) is 6.92 Å². The minimum atomic E-state index is -0.798. The Bertz CT molecular complexity index is 469. The Balaban J connectivity index is 2.48. The highest BCUT2D eigenvalue weighted by atomic mass is 16.4. The predicted octanol–water partition coefficient (Wildman–Crippen LogP) is 3.25. The molecule has 5 nitrogen and oxygen atoms in total. The molecule has 0 amide bonds. The quantitative estimate of drug-likeness (QED) is 0.370. The van der Waals surface area contributed by atoms with E-state index in [4.69, 9.17) is 5.11 Å². The van der Waals surface area contributed by atoms with Gasteiger partial charge in [-0.05, 0) is 25.7 Å². The summed E-state index contributed by atoms with van der Waals surface area (Å²) in [5, 5.41) is 28.7. The Morgan fingerprint density at radius 2 is 2.04 bits per heavy atom. The predicted molar refractivity (Wildman–Crippen MR) is 97.1 cm³/mol. The molecule has 142 valence electrons. The maximum Gasteiger partial charge on any atom is 0.303 e. The first-order valence-electron chi connectivity index (χ1n) is 9.39. The van der Waals surface area contributed by atoms with Crippen molar-refractivity contribution in [1.82, 2.24) is 0 Å². The maximum absolute atomic E-state index is 12.1. The van der Waals surface area contributed by atoms with Crippen molar-refractivity contribution in [2.45, 2.75) is 76.9 Å². The minimum Gasteiger partial charge on any atom is -0.481 e. The van der Waals surface area contributed by atoms with Crippen molar-refractivity contribution < 1.29 is 24.9 Å². The monoisotopic (exact) mass is 352 g/mol. The van der Waals surface area contributed by atoms with Crippen molar-refractivity contribution in [1.29, 1.82) is 0 Å². The van der Waals surface area contributed by atoms with Gasteiger partial charge in [0, 0.05) is 24.7 Å². The second-order valence-electron chi connectivity index (χ2n) is 6.87. The number of carboxylic acid groups (broad SMARTS) is 1. The first kappa shape index (κ1) is 21.6. The van der Waals surface area contributed by atoms with Gasteiger partial charge in [0.15, 0.2) is 0 Å². The Morgan fingerprint density at radius 1 is 1.28 bits per heavy atom. The number of Topliss-reactive ketones (excluding diaryl/α,β-unsaturated/α-hetero) is 1. The fraction of sp³-hybridized carbons (Fsp3) is 0.700. The van der Waals surface area contributed by atoms with E-state index >= 15 is 0 Å². The normalized spacial score (nSPS) is 25.2. The van der Waals surface area contributed by atoms with Crippen molar-refractivity contribution in [3.8, 4) is 0 Å². The molecule has 4 atom stereocenters. The van der Waals surface area contributed by atoms with Crippen molar-refractivity contribution in [2.75, 3.05) is 0 Å². The van der Waals surface area contributed by atoms with E-state index < -0.39 is 18.2 Å². The van der Waals surface area contributed by atoms with E-state index in [9.17, 15) is 19.8 Å². The van der Waals surface area contributed by atoms with E-state index in [1.165, 1.54) is 0 Å². The van der Waals surface area contributed by atoms with Gasteiger partial charge in [-0.1, -0.05) is 50.5 Å². The molecule has 0 heterocycles. The van der Waals surface area contributed by atoms with E-state index in [1.807, 2.05) is 12.2 Å². The van der Waals surface area contributed by atoms with Crippen molar-refractivity contribution >= 4 is 11.8 Å². The molecular weight excluding hydrogens is 320 g/mol. The first-order valence-corrected chi connectivity index (χ1v) is 9.39. The third kappa shape index (κ3) is 8.45. The van der Waals surface area contributed by atoms with Crippen LogP contribution in [0.5, 0.6) is 0 Å². The minimum absolute atomic E-state index is 0.0220. The average molecular weight is 352 g/mol. The lowest BCUT2D eigenvalue weighted by molar-refractivity contribution is -0.137. The topological polar surface area (TPSA) is 94.8 Å². The number of aliphatic hydroxyl groups is 2. The number of aliphatic carboxylic acids is 1. The summed E-state index contributed by atoms with van der Waals surface area (Å²) in [5.41, 5.74) is 0. The smallest absolute Gasteiger partial charge is 0.303 e. The molecule has 1 aliphatic rings. The summed E-state index contributed by atoms with van der Waals surface area (Å²) in [6, 6.07) is 0. The summed E-state index contributed by atoms with van der Waals surface area (Å²) in [5.74, 6) is -1.29. The van der Waals surface area contributed by atoms with Crippen LogP contribution in [-0.4, -0.2) is 39.3 Å². The Kier molecular flexibility index (Phi) is 10.3. The van der Waals surface area contributed by atoms with E-state index in [0.29, 0.717) is 25.7 Å². The number of hydrogen-bond donors (Lipinski definition) is 3. The lowest BCUT2D eigenvalue weighted by Crippen LogP contribution is -2.19. The SMILES string of the molecule is CCCCCC(O)/C=C/C1C(=O)C[C@H](O)C1C/C=C\CCCC(=O)O. The van der Waals surface area contributed by atoms with Gasteiger partial charge in [-0.3, -0.25) is 9.59 Å². The number of carbonyl (C=O) groups excluding carboxylic acids is 1. The van der Waals surface area contributed by atoms with Crippen LogP contribution in [0.2, 0.25) is 0 Å². The molecule has 0 bridgehead atoms. The lowest BCUT2D eigenvalue weighted by atomic mass is 9.90. The van der Waals surface area contributed by atoms with Gasteiger partial charge in [0.2, 0.25) is 0 Å². The zero-order valence-electron chi connectivity index (χ0n) is 15.1. The van der Waals surface area contributed by atoms with Gasteiger partial charge in [0.25, 0.3) is 0 Å². The number of aliphatic hydroxyl groups excluding tert-OH is 2. The van der Waals surface area contributed by atoms with Gasteiger partial charge in [-0.15, -0.1) is 0 Å². The number of carboxylic acids is 1. The molecule has 0 aromatic carbocycles. The molecular formula is C20H32O5. The van der Waals surface area contributed by atoms with E-state index in [1.54, 1.807) is 12.2 Å². The third-order valence-corrected chi connectivity index (χ3v) is 4.72. The first-order chi connectivity index (χ1) is 12.0. The molecule has 0 aromatic rings. The standard InChI is InChI=1S/C20H32O5/c1-2-3-6-9-15(21)12-13-17-16(18(22)14-19(17)23)10-7-4-5-8-11-20(24)25/h4,7,12-13,15-18,21-22H,2-3,5-6,8-11,14H2,1H3,(H,24,25)/b7-4-,13-12+/t15?,16?,17?,18-/m0/s1. The maximum atomic E-state index is 12.1.